The maximum absolute atomic E-state index is 11.3. The first-order valence-electron chi connectivity index (χ1n) is 5.81. The summed E-state index contributed by atoms with van der Waals surface area (Å²) in [5.41, 5.74) is 1.07. The summed E-state index contributed by atoms with van der Waals surface area (Å²) < 4.78 is 10.6. The summed E-state index contributed by atoms with van der Waals surface area (Å²) >= 11 is 0. The van der Waals surface area contributed by atoms with Gasteiger partial charge in [0, 0.05) is 12.7 Å². The van der Waals surface area contributed by atoms with Crippen LogP contribution in [0.2, 0.25) is 5.54 Å². The number of hydrogen-bond donors (Lipinski definition) is 0. The van der Waals surface area contributed by atoms with Crippen molar-refractivity contribution < 1.29 is 14.3 Å². The number of esters is 1. The minimum absolute atomic E-state index is 0.0479. The minimum atomic E-state index is -0.493. The Morgan fingerprint density at radius 3 is 2.38 bits per heavy atom. The van der Waals surface area contributed by atoms with Gasteiger partial charge in [0.05, 0.1) is 21.4 Å². The second kappa shape index (κ2) is 7.63. The van der Waals surface area contributed by atoms with Crippen LogP contribution >= 0.6 is 0 Å². The van der Waals surface area contributed by atoms with Gasteiger partial charge in [-0.25, -0.2) is 4.79 Å². The standard InChI is InChI=1S/C12H24O3Si/c1-7-11(9(4)14-6)16-10(5)15-12(13)8(2)3/h9-11H,2,7,16H2,1,3-6H3. The number of carbonyl (C=O) groups excluding carboxylic acids is 1. The summed E-state index contributed by atoms with van der Waals surface area (Å²) in [5, 5.41) is 0. The van der Waals surface area contributed by atoms with Crippen molar-refractivity contribution >= 4 is 15.5 Å². The molecule has 0 aliphatic carbocycles. The van der Waals surface area contributed by atoms with Crippen LogP contribution in [-0.2, 0) is 14.3 Å². The van der Waals surface area contributed by atoms with Gasteiger partial charge in [0.2, 0.25) is 0 Å². The highest BCUT2D eigenvalue weighted by Crippen LogP contribution is 2.18. The first kappa shape index (κ1) is 15.4. The van der Waals surface area contributed by atoms with Gasteiger partial charge < -0.3 is 9.47 Å². The molecule has 0 radical (unpaired) electrons. The van der Waals surface area contributed by atoms with Gasteiger partial charge in [-0.2, -0.15) is 0 Å². The maximum Gasteiger partial charge on any atom is 0.333 e. The molecule has 0 aromatic rings. The molecule has 94 valence electrons. The van der Waals surface area contributed by atoms with Gasteiger partial charge >= 0.3 is 5.97 Å². The molecule has 0 rings (SSSR count). The summed E-state index contributed by atoms with van der Waals surface area (Å²) in [6.45, 7) is 11.4. The molecule has 3 atom stereocenters. The smallest absolute Gasteiger partial charge is 0.333 e. The number of rotatable bonds is 7. The molecule has 0 heterocycles. The lowest BCUT2D eigenvalue weighted by Crippen LogP contribution is -2.30. The topological polar surface area (TPSA) is 35.5 Å². The fraction of sp³-hybridized carbons (Fsp3) is 0.750. The number of carbonyl (C=O) groups is 1. The molecular formula is C12H24O3Si. The van der Waals surface area contributed by atoms with E-state index in [0.717, 1.165) is 6.42 Å². The normalized spacial score (nSPS) is 17.1. The summed E-state index contributed by atoms with van der Waals surface area (Å²) in [4.78, 5) is 11.3. The van der Waals surface area contributed by atoms with Crippen LogP contribution in [0, 0.1) is 0 Å². The number of ether oxygens (including phenoxy) is 2. The van der Waals surface area contributed by atoms with E-state index in [-0.39, 0.29) is 17.8 Å². The summed E-state index contributed by atoms with van der Waals surface area (Å²) in [5.74, 6) is -0.278. The van der Waals surface area contributed by atoms with Gasteiger partial charge in [0.15, 0.2) is 0 Å². The van der Waals surface area contributed by atoms with Crippen LogP contribution in [0.5, 0.6) is 0 Å². The van der Waals surface area contributed by atoms with E-state index >= 15 is 0 Å². The Morgan fingerprint density at radius 1 is 1.44 bits per heavy atom. The molecule has 4 heteroatoms. The van der Waals surface area contributed by atoms with E-state index in [0.29, 0.717) is 11.1 Å². The molecule has 0 spiro atoms. The first-order valence-corrected chi connectivity index (χ1v) is 7.44. The molecule has 0 aliphatic rings. The van der Waals surface area contributed by atoms with Crippen molar-refractivity contribution in [1.29, 1.82) is 0 Å². The summed E-state index contributed by atoms with van der Waals surface area (Å²) in [6, 6.07) is 0. The molecule has 3 unspecified atom stereocenters. The average molecular weight is 244 g/mol. The van der Waals surface area contributed by atoms with Crippen molar-refractivity contribution in [1.82, 2.24) is 0 Å². The van der Waals surface area contributed by atoms with Crippen molar-refractivity contribution in [3.63, 3.8) is 0 Å². The lowest BCUT2D eigenvalue weighted by atomic mass is 10.2. The van der Waals surface area contributed by atoms with Crippen LogP contribution in [0.1, 0.15) is 34.1 Å². The maximum atomic E-state index is 11.3. The average Bonchev–Trinajstić information content (AvgIpc) is 2.24. The third-order valence-electron chi connectivity index (χ3n) is 2.85. The zero-order valence-corrected chi connectivity index (χ0v) is 12.5. The van der Waals surface area contributed by atoms with E-state index < -0.39 is 9.52 Å². The van der Waals surface area contributed by atoms with Gasteiger partial charge in [-0.15, -0.1) is 0 Å². The predicted molar refractivity (Wildman–Crippen MR) is 69.4 cm³/mol. The van der Waals surface area contributed by atoms with E-state index in [1.165, 1.54) is 0 Å². The van der Waals surface area contributed by atoms with Gasteiger partial charge in [-0.3, -0.25) is 0 Å². The van der Waals surface area contributed by atoms with Crippen LogP contribution in [0.4, 0.5) is 0 Å². The molecule has 0 aromatic heterocycles. The molecule has 0 aromatic carbocycles. The van der Waals surface area contributed by atoms with Crippen molar-refractivity contribution in [3.8, 4) is 0 Å². The molecule has 0 N–H and O–H groups in total. The lowest BCUT2D eigenvalue weighted by molar-refractivity contribution is -0.140. The van der Waals surface area contributed by atoms with E-state index in [9.17, 15) is 4.79 Å². The molecule has 16 heavy (non-hydrogen) atoms. The van der Waals surface area contributed by atoms with E-state index in [4.69, 9.17) is 9.47 Å². The zero-order valence-electron chi connectivity index (χ0n) is 11.1. The third kappa shape index (κ3) is 5.46. The number of methoxy groups -OCH3 is 1. The highest BCUT2D eigenvalue weighted by Gasteiger charge is 2.21. The largest absolute Gasteiger partial charge is 0.464 e. The Hall–Kier alpha value is -0.613. The molecule has 0 saturated heterocycles. The highest BCUT2D eigenvalue weighted by atomic mass is 28.2. The summed E-state index contributed by atoms with van der Waals surface area (Å²) in [7, 11) is 1.24. The number of hydrogen-bond acceptors (Lipinski definition) is 3. The molecule has 0 saturated carbocycles. The van der Waals surface area contributed by atoms with Crippen molar-refractivity contribution in [3.05, 3.63) is 12.2 Å². The molecule has 0 fully saturated rings. The first-order chi connectivity index (χ1) is 7.42. The Labute approximate surface area is 101 Å². The van der Waals surface area contributed by atoms with Crippen molar-refractivity contribution in [2.75, 3.05) is 7.11 Å². The third-order valence-corrected chi connectivity index (χ3v) is 5.53. The Bertz CT molecular complexity index is 240. The van der Waals surface area contributed by atoms with E-state index in [2.05, 4.69) is 20.4 Å². The highest BCUT2D eigenvalue weighted by molar-refractivity contribution is 6.39. The van der Waals surface area contributed by atoms with Gasteiger partial charge in [0.1, 0.15) is 0 Å². The van der Waals surface area contributed by atoms with Crippen LogP contribution in [0.25, 0.3) is 0 Å². The lowest BCUT2D eigenvalue weighted by Gasteiger charge is -2.24. The van der Waals surface area contributed by atoms with Crippen LogP contribution in [-0.4, -0.2) is 34.4 Å². The Balaban J connectivity index is 4.15. The van der Waals surface area contributed by atoms with Gasteiger partial charge in [0.25, 0.3) is 0 Å². The second-order valence-corrected chi connectivity index (χ2v) is 7.01. The minimum Gasteiger partial charge on any atom is -0.464 e. The van der Waals surface area contributed by atoms with Crippen molar-refractivity contribution in [2.45, 2.75) is 51.5 Å². The van der Waals surface area contributed by atoms with Crippen LogP contribution < -0.4 is 0 Å². The SMILES string of the molecule is C=C(C)C(=O)OC(C)[SiH2]C(CC)C(C)OC. The van der Waals surface area contributed by atoms with E-state index in [1.54, 1.807) is 14.0 Å². The summed E-state index contributed by atoms with van der Waals surface area (Å²) in [6.07, 6.45) is 1.33. The monoisotopic (exact) mass is 244 g/mol. The Kier molecular flexibility index (Phi) is 7.33. The fourth-order valence-corrected chi connectivity index (χ4v) is 3.65. The quantitative estimate of drug-likeness (QED) is 0.389. The second-order valence-electron chi connectivity index (χ2n) is 4.34. The Morgan fingerprint density at radius 2 is 2.00 bits per heavy atom. The predicted octanol–water partition coefficient (Wildman–Crippen LogP) is 1.85. The van der Waals surface area contributed by atoms with Gasteiger partial charge in [-0.05, 0) is 26.3 Å². The van der Waals surface area contributed by atoms with Crippen LogP contribution in [0.15, 0.2) is 12.2 Å². The molecular weight excluding hydrogens is 220 g/mol. The van der Waals surface area contributed by atoms with Gasteiger partial charge in [-0.1, -0.05) is 19.9 Å². The molecule has 0 amide bonds. The van der Waals surface area contributed by atoms with Crippen LogP contribution in [0.3, 0.4) is 0 Å². The molecule has 0 aliphatic heterocycles. The fourth-order valence-electron chi connectivity index (χ4n) is 1.64. The zero-order chi connectivity index (χ0) is 12.7. The molecule has 0 bridgehead atoms. The van der Waals surface area contributed by atoms with E-state index in [1.807, 2.05) is 6.92 Å². The van der Waals surface area contributed by atoms with Crippen molar-refractivity contribution in [2.24, 2.45) is 0 Å². The molecule has 3 nitrogen and oxygen atoms in total.